The number of aliphatic hydroxyl groups is 1. The van der Waals surface area contributed by atoms with Crippen molar-refractivity contribution in [3.05, 3.63) is 17.7 Å². The summed E-state index contributed by atoms with van der Waals surface area (Å²) in [7, 11) is 0. The lowest BCUT2D eigenvalue weighted by atomic mass is 9.87. The van der Waals surface area contributed by atoms with Crippen LogP contribution in [0.15, 0.2) is 10.7 Å². The Balaban J connectivity index is 2.22. The number of aliphatic hydroxyl groups excluding tert-OH is 1. The average Bonchev–Trinajstić information content (AvgIpc) is 2.62. The van der Waals surface area contributed by atoms with E-state index in [4.69, 9.17) is 4.42 Å². The summed E-state index contributed by atoms with van der Waals surface area (Å²) < 4.78 is 5.60. The maximum Gasteiger partial charge on any atom is 0.231 e. The molecular formula is C15H23N3O2. The van der Waals surface area contributed by atoms with E-state index in [2.05, 4.69) is 29.1 Å². The summed E-state index contributed by atoms with van der Waals surface area (Å²) in [6, 6.07) is 0. The van der Waals surface area contributed by atoms with Gasteiger partial charge in [0.25, 0.3) is 0 Å². The number of hydrogen-bond acceptors (Lipinski definition) is 5. The minimum atomic E-state index is -0.310. The Morgan fingerprint density at radius 1 is 1.35 bits per heavy atom. The predicted octanol–water partition coefficient (Wildman–Crippen LogP) is 3.05. The second-order valence-corrected chi connectivity index (χ2v) is 6.26. The largest absolute Gasteiger partial charge is 0.443 e. The Morgan fingerprint density at radius 3 is 2.70 bits per heavy atom. The number of hydrogen-bond donors (Lipinski definition) is 2. The molecule has 0 spiro atoms. The lowest BCUT2D eigenvalue weighted by Crippen LogP contribution is -2.27. The molecule has 2 aromatic heterocycles. The minimum Gasteiger partial charge on any atom is -0.443 e. The van der Waals surface area contributed by atoms with E-state index in [0.29, 0.717) is 5.71 Å². The Morgan fingerprint density at radius 2 is 2.05 bits per heavy atom. The maximum absolute atomic E-state index is 9.54. The number of fused-ring (bicyclic) bond motifs is 1. The van der Waals surface area contributed by atoms with E-state index in [1.807, 2.05) is 20.8 Å². The number of rotatable bonds is 5. The average molecular weight is 277 g/mol. The fraction of sp³-hybridized carbons (Fsp3) is 0.600. The molecule has 2 N–H and O–H groups in total. The highest BCUT2D eigenvalue weighted by atomic mass is 16.3. The lowest BCUT2D eigenvalue weighted by Gasteiger charge is -2.26. The number of anilines is 1. The lowest BCUT2D eigenvalue weighted by molar-refractivity contribution is 0.135. The van der Waals surface area contributed by atoms with E-state index in [9.17, 15) is 5.11 Å². The minimum absolute atomic E-state index is 0.0157. The fourth-order valence-corrected chi connectivity index (χ4v) is 2.51. The first kappa shape index (κ1) is 14.8. The van der Waals surface area contributed by atoms with E-state index in [1.54, 1.807) is 0 Å². The number of nitrogens with zero attached hydrogens (tertiary/aromatic N) is 2. The molecule has 0 saturated heterocycles. The molecule has 5 heteroatoms. The van der Waals surface area contributed by atoms with Crippen molar-refractivity contribution in [3.8, 4) is 0 Å². The molecule has 0 aliphatic heterocycles. The van der Waals surface area contributed by atoms with E-state index >= 15 is 0 Å². The van der Waals surface area contributed by atoms with Crippen LogP contribution in [0, 0.1) is 19.3 Å². The Kier molecular flexibility index (Phi) is 3.99. The molecular weight excluding hydrogens is 254 g/mol. The number of aryl methyl sites for hydroxylation is 2. The van der Waals surface area contributed by atoms with Gasteiger partial charge in [-0.3, -0.25) is 0 Å². The van der Waals surface area contributed by atoms with E-state index in [1.165, 1.54) is 6.33 Å². The third kappa shape index (κ3) is 3.10. The van der Waals surface area contributed by atoms with Gasteiger partial charge in [0.15, 0.2) is 0 Å². The van der Waals surface area contributed by atoms with Gasteiger partial charge in [0, 0.05) is 12.1 Å². The smallest absolute Gasteiger partial charge is 0.231 e. The van der Waals surface area contributed by atoms with Crippen LogP contribution in [0.3, 0.4) is 0 Å². The highest BCUT2D eigenvalue weighted by Crippen LogP contribution is 2.29. The molecule has 110 valence electrons. The van der Waals surface area contributed by atoms with Gasteiger partial charge in [-0.15, -0.1) is 0 Å². The first-order valence-corrected chi connectivity index (χ1v) is 6.93. The van der Waals surface area contributed by atoms with Crippen LogP contribution < -0.4 is 5.32 Å². The van der Waals surface area contributed by atoms with Crippen molar-refractivity contribution in [2.75, 3.05) is 11.9 Å². The van der Waals surface area contributed by atoms with Gasteiger partial charge in [0.05, 0.1) is 11.5 Å². The molecule has 0 fully saturated rings. The first-order valence-electron chi connectivity index (χ1n) is 6.93. The molecule has 2 heterocycles. The molecule has 2 aromatic rings. The SMILES string of the molecule is Cc1oc2ncnc(NCC(C)(C)CC(C)O)c2c1C. The van der Waals surface area contributed by atoms with Crippen LogP contribution in [0.5, 0.6) is 0 Å². The summed E-state index contributed by atoms with van der Waals surface area (Å²) in [5.41, 5.74) is 1.67. The molecule has 0 amide bonds. The van der Waals surface area contributed by atoms with Crippen molar-refractivity contribution in [1.29, 1.82) is 0 Å². The van der Waals surface area contributed by atoms with Crippen LogP contribution in [0.4, 0.5) is 5.82 Å². The molecule has 5 nitrogen and oxygen atoms in total. The van der Waals surface area contributed by atoms with Crippen LogP contribution >= 0.6 is 0 Å². The van der Waals surface area contributed by atoms with Gasteiger partial charge < -0.3 is 14.8 Å². The van der Waals surface area contributed by atoms with Crippen molar-refractivity contribution in [1.82, 2.24) is 9.97 Å². The zero-order chi connectivity index (χ0) is 14.9. The summed E-state index contributed by atoms with van der Waals surface area (Å²) in [5.74, 6) is 1.66. The summed E-state index contributed by atoms with van der Waals surface area (Å²) in [6.45, 7) is 10.7. The number of nitrogens with one attached hydrogen (secondary N) is 1. The molecule has 20 heavy (non-hydrogen) atoms. The normalized spacial score (nSPS) is 13.7. The molecule has 0 aliphatic rings. The highest BCUT2D eigenvalue weighted by Gasteiger charge is 2.21. The Bertz CT molecular complexity index is 602. The van der Waals surface area contributed by atoms with Gasteiger partial charge in [-0.2, -0.15) is 0 Å². The molecule has 0 bridgehead atoms. The van der Waals surface area contributed by atoms with Gasteiger partial charge in [-0.1, -0.05) is 13.8 Å². The first-order chi connectivity index (χ1) is 9.30. The van der Waals surface area contributed by atoms with Gasteiger partial charge in [0.2, 0.25) is 5.71 Å². The summed E-state index contributed by atoms with van der Waals surface area (Å²) in [5, 5.41) is 13.8. The zero-order valence-corrected chi connectivity index (χ0v) is 12.8. The topological polar surface area (TPSA) is 71.2 Å². The molecule has 0 aliphatic carbocycles. The molecule has 0 saturated carbocycles. The van der Waals surface area contributed by atoms with E-state index in [0.717, 1.165) is 35.5 Å². The molecule has 0 radical (unpaired) electrons. The predicted molar refractivity (Wildman–Crippen MR) is 79.8 cm³/mol. The second kappa shape index (κ2) is 5.40. The highest BCUT2D eigenvalue weighted by molar-refractivity contribution is 5.89. The number of furan rings is 1. The van der Waals surface area contributed by atoms with Crippen LogP contribution in [0.1, 0.15) is 38.5 Å². The third-order valence-electron chi connectivity index (χ3n) is 3.55. The molecule has 1 atom stereocenters. The quantitative estimate of drug-likeness (QED) is 0.879. The van der Waals surface area contributed by atoms with Crippen LogP contribution in [-0.4, -0.2) is 27.7 Å². The summed E-state index contributed by atoms with van der Waals surface area (Å²) >= 11 is 0. The van der Waals surface area contributed by atoms with Crippen molar-refractivity contribution in [3.63, 3.8) is 0 Å². The third-order valence-corrected chi connectivity index (χ3v) is 3.55. The monoisotopic (exact) mass is 277 g/mol. The van der Waals surface area contributed by atoms with Gasteiger partial charge in [0.1, 0.15) is 17.9 Å². The van der Waals surface area contributed by atoms with Crippen molar-refractivity contribution < 1.29 is 9.52 Å². The Labute approximate surface area is 119 Å². The van der Waals surface area contributed by atoms with Crippen LogP contribution in [-0.2, 0) is 0 Å². The maximum atomic E-state index is 9.54. The van der Waals surface area contributed by atoms with Crippen molar-refractivity contribution in [2.45, 2.75) is 47.1 Å². The van der Waals surface area contributed by atoms with Crippen LogP contribution in [0.25, 0.3) is 11.1 Å². The second-order valence-electron chi connectivity index (χ2n) is 6.26. The zero-order valence-electron chi connectivity index (χ0n) is 12.8. The van der Waals surface area contributed by atoms with Gasteiger partial charge in [-0.25, -0.2) is 9.97 Å². The fourth-order valence-electron chi connectivity index (χ4n) is 2.51. The molecule has 2 rings (SSSR count). The summed E-state index contributed by atoms with van der Waals surface area (Å²) in [4.78, 5) is 8.48. The van der Waals surface area contributed by atoms with Gasteiger partial charge in [-0.05, 0) is 32.6 Å². The van der Waals surface area contributed by atoms with Gasteiger partial charge >= 0.3 is 0 Å². The van der Waals surface area contributed by atoms with Crippen LogP contribution in [0.2, 0.25) is 0 Å². The standard InChI is InChI=1S/C15H23N3O2/c1-9(19)6-15(4,5)7-16-13-12-10(2)11(3)20-14(12)18-8-17-13/h8-9,19H,6-7H2,1-5H3,(H,16,17,18). The Hall–Kier alpha value is -1.62. The molecule has 1 unspecified atom stereocenters. The van der Waals surface area contributed by atoms with Crippen molar-refractivity contribution in [2.24, 2.45) is 5.41 Å². The summed E-state index contributed by atoms with van der Waals surface area (Å²) in [6.07, 6.45) is 1.93. The van der Waals surface area contributed by atoms with E-state index in [-0.39, 0.29) is 11.5 Å². The van der Waals surface area contributed by atoms with E-state index < -0.39 is 0 Å². The molecule has 0 aromatic carbocycles. The van der Waals surface area contributed by atoms with Crippen molar-refractivity contribution >= 4 is 16.9 Å². The number of aromatic nitrogens is 2.